The van der Waals surface area contributed by atoms with Crippen molar-refractivity contribution in [1.29, 1.82) is 0 Å². The summed E-state index contributed by atoms with van der Waals surface area (Å²) in [7, 11) is -3.76. The lowest BCUT2D eigenvalue weighted by Gasteiger charge is -2.38. The molecule has 7 heteroatoms. The third kappa shape index (κ3) is 4.45. The Morgan fingerprint density at radius 3 is 2.17 bits per heavy atom. The fourth-order valence-corrected chi connectivity index (χ4v) is 7.31. The monoisotopic (exact) mass is 494 g/mol. The van der Waals surface area contributed by atoms with Crippen molar-refractivity contribution >= 4 is 27.4 Å². The second-order valence-electron chi connectivity index (χ2n) is 11.8. The van der Waals surface area contributed by atoms with Crippen molar-refractivity contribution in [3.05, 3.63) is 59.2 Å². The maximum absolute atomic E-state index is 13.8. The summed E-state index contributed by atoms with van der Waals surface area (Å²) in [5.41, 5.74) is 2.67. The van der Waals surface area contributed by atoms with Crippen LogP contribution in [0.2, 0.25) is 0 Å². The van der Waals surface area contributed by atoms with Gasteiger partial charge in [0.15, 0.2) is 5.78 Å². The van der Waals surface area contributed by atoms with Crippen molar-refractivity contribution in [1.82, 2.24) is 4.72 Å². The normalized spacial score (nSPS) is 20.2. The molecule has 0 aromatic heterocycles. The van der Waals surface area contributed by atoms with E-state index in [1.807, 2.05) is 12.1 Å². The first-order valence-electron chi connectivity index (χ1n) is 12.4. The van der Waals surface area contributed by atoms with E-state index in [4.69, 9.17) is 0 Å². The van der Waals surface area contributed by atoms with Gasteiger partial charge in [-0.25, -0.2) is 13.1 Å². The van der Waals surface area contributed by atoms with Gasteiger partial charge in [0.2, 0.25) is 10.0 Å². The number of carbonyl (C=O) groups excluding carboxylic acids is 2. The largest absolute Gasteiger partial charge is 0.307 e. The summed E-state index contributed by atoms with van der Waals surface area (Å²) in [6, 6.07) is 11.9. The molecule has 2 fully saturated rings. The summed E-state index contributed by atoms with van der Waals surface area (Å²) >= 11 is 0. The molecule has 6 nitrogen and oxygen atoms in total. The second-order valence-corrected chi connectivity index (χ2v) is 13.5. The molecule has 2 aromatic carbocycles. The van der Waals surface area contributed by atoms with Gasteiger partial charge in [-0.1, -0.05) is 6.07 Å². The Bertz CT molecular complexity index is 1310. The molecule has 5 rings (SSSR count). The van der Waals surface area contributed by atoms with Gasteiger partial charge in [-0.05, 0) is 114 Å². The number of nitrogens with one attached hydrogen (secondary N) is 1. The van der Waals surface area contributed by atoms with Crippen LogP contribution in [0.1, 0.15) is 92.5 Å². The number of fused-ring (bicyclic) bond motifs is 2. The zero-order valence-electron chi connectivity index (χ0n) is 21.0. The van der Waals surface area contributed by atoms with E-state index in [2.05, 4.69) is 4.72 Å². The molecule has 2 saturated carbocycles. The number of sulfonamides is 1. The van der Waals surface area contributed by atoms with Crippen molar-refractivity contribution in [2.75, 3.05) is 11.4 Å². The highest BCUT2D eigenvalue weighted by Gasteiger charge is 2.53. The second kappa shape index (κ2) is 8.00. The Morgan fingerprint density at radius 2 is 1.57 bits per heavy atom. The summed E-state index contributed by atoms with van der Waals surface area (Å²) < 4.78 is 28.4. The van der Waals surface area contributed by atoms with Gasteiger partial charge >= 0.3 is 0 Å². The van der Waals surface area contributed by atoms with Gasteiger partial charge in [-0.2, -0.15) is 0 Å². The smallest absolute Gasteiger partial charge is 0.258 e. The molecule has 0 radical (unpaired) electrons. The molecule has 2 aliphatic carbocycles. The molecule has 2 aromatic rings. The van der Waals surface area contributed by atoms with Crippen molar-refractivity contribution in [3.8, 4) is 0 Å². The van der Waals surface area contributed by atoms with Gasteiger partial charge in [-0.15, -0.1) is 0 Å². The Labute approximate surface area is 208 Å². The van der Waals surface area contributed by atoms with Crippen LogP contribution in [-0.4, -0.2) is 32.2 Å². The third-order valence-corrected chi connectivity index (χ3v) is 9.78. The lowest BCUT2D eigenvalue weighted by molar-refractivity contribution is 0.0978. The number of benzene rings is 2. The summed E-state index contributed by atoms with van der Waals surface area (Å²) in [5, 5.41) is 0. The number of ketones is 1. The van der Waals surface area contributed by atoms with E-state index < -0.39 is 15.6 Å². The Balaban J connectivity index is 1.50. The minimum absolute atomic E-state index is 0.0199. The van der Waals surface area contributed by atoms with Crippen LogP contribution in [-0.2, 0) is 15.4 Å². The number of Topliss-reactive ketones (excluding diaryl/α,β-unsaturated/α-hetero) is 1. The lowest BCUT2D eigenvalue weighted by atomic mass is 9.66. The highest BCUT2D eigenvalue weighted by Crippen LogP contribution is 2.62. The lowest BCUT2D eigenvalue weighted by Crippen LogP contribution is -2.41. The van der Waals surface area contributed by atoms with Gasteiger partial charge in [-0.3, -0.25) is 9.59 Å². The summed E-state index contributed by atoms with van der Waals surface area (Å²) in [6.07, 6.45) is 6.94. The molecule has 2 spiro atoms. The summed E-state index contributed by atoms with van der Waals surface area (Å²) in [4.78, 5) is 27.8. The van der Waals surface area contributed by atoms with Gasteiger partial charge in [0.1, 0.15) is 0 Å². The van der Waals surface area contributed by atoms with E-state index in [9.17, 15) is 18.0 Å². The van der Waals surface area contributed by atoms with Crippen LogP contribution in [0.5, 0.6) is 0 Å². The predicted octanol–water partition coefficient (Wildman–Crippen LogP) is 5.22. The molecule has 0 bridgehead atoms. The molecule has 0 unspecified atom stereocenters. The number of carbonyl (C=O) groups is 2. The zero-order valence-corrected chi connectivity index (χ0v) is 21.8. The van der Waals surface area contributed by atoms with Gasteiger partial charge in [0.05, 0.1) is 4.90 Å². The van der Waals surface area contributed by atoms with Crippen LogP contribution in [0.15, 0.2) is 47.4 Å². The van der Waals surface area contributed by atoms with E-state index in [0.717, 1.165) is 36.9 Å². The molecule has 1 N–H and O–H groups in total. The molecule has 3 aliphatic rings. The average molecular weight is 495 g/mol. The molecule has 1 amide bonds. The molecule has 186 valence electrons. The van der Waals surface area contributed by atoms with Crippen LogP contribution in [0.25, 0.3) is 0 Å². The first-order valence-corrected chi connectivity index (χ1v) is 13.9. The topological polar surface area (TPSA) is 83.6 Å². The minimum Gasteiger partial charge on any atom is -0.307 e. The molecule has 1 heterocycles. The first kappa shape index (κ1) is 24.2. The number of nitrogens with zero attached hydrogens (tertiary/aromatic N) is 1. The van der Waals surface area contributed by atoms with Crippen molar-refractivity contribution < 1.29 is 18.0 Å². The van der Waals surface area contributed by atoms with E-state index >= 15 is 0 Å². The Hall–Kier alpha value is -2.51. The van der Waals surface area contributed by atoms with Crippen molar-refractivity contribution in [3.63, 3.8) is 0 Å². The van der Waals surface area contributed by atoms with Crippen LogP contribution in [0, 0.1) is 5.41 Å². The number of hydrogen-bond acceptors (Lipinski definition) is 4. The minimum atomic E-state index is -3.76. The maximum Gasteiger partial charge on any atom is 0.258 e. The van der Waals surface area contributed by atoms with Gasteiger partial charge < -0.3 is 4.90 Å². The average Bonchev–Trinajstić information content (AvgIpc) is 3.48. The first-order chi connectivity index (χ1) is 16.3. The number of amides is 1. The number of anilines is 1. The summed E-state index contributed by atoms with van der Waals surface area (Å²) in [6.45, 7) is 7.49. The van der Waals surface area contributed by atoms with Crippen LogP contribution in [0.3, 0.4) is 0 Å². The highest BCUT2D eigenvalue weighted by molar-refractivity contribution is 7.89. The summed E-state index contributed by atoms with van der Waals surface area (Å²) in [5.74, 6) is -0.190. The van der Waals surface area contributed by atoms with Crippen molar-refractivity contribution in [2.45, 2.75) is 82.1 Å². The quantitative estimate of drug-likeness (QED) is 0.591. The van der Waals surface area contributed by atoms with Crippen molar-refractivity contribution in [2.24, 2.45) is 5.41 Å². The van der Waals surface area contributed by atoms with Crippen LogP contribution >= 0.6 is 0 Å². The highest BCUT2D eigenvalue weighted by atomic mass is 32.2. The van der Waals surface area contributed by atoms with E-state index in [1.165, 1.54) is 25.0 Å². The predicted molar refractivity (Wildman–Crippen MR) is 136 cm³/mol. The molecular formula is C28H34N2O4S. The fraction of sp³-hybridized carbons (Fsp3) is 0.500. The third-order valence-electron chi connectivity index (χ3n) is 8.03. The van der Waals surface area contributed by atoms with Gasteiger partial charge in [0.25, 0.3) is 5.91 Å². The molecule has 0 saturated heterocycles. The molecule has 0 atom stereocenters. The molecule has 35 heavy (non-hydrogen) atoms. The standard InChI is InChI=1S/C28H34N2O4S/c1-19(31)20-8-9-24-23(17-20)28(14-12-27(10-11-27)13-15-28)18-30(24)25(32)21-6-5-7-22(16-21)35(33,34)29-26(2,3)4/h5-9,16-17,29H,10-15,18H2,1-4H3. The fourth-order valence-electron chi connectivity index (χ4n) is 5.85. The molecular weight excluding hydrogens is 460 g/mol. The SMILES string of the molecule is CC(=O)c1ccc2c(c1)C1(CCC3(CC3)CC1)CN2C(=O)c1cccc(S(=O)(=O)NC(C)(C)C)c1. The van der Waals surface area contributed by atoms with Gasteiger partial charge in [0, 0.05) is 34.3 Å². The van der Waals surface area contributed by atoms with Crippen LogP contribution in [0.4, 0.5) is 5.69 Å². The molecule has 1 aliphatic heterocycles. The number of rotatable bonds is 4. The number of hydrogen-bond donors (Lipinski definition) is 1. The zero-order chi connectivity index (χ0) is 25.2. The van der Waals surface area contributed by atoms with E-state index in [0.29, 0.717) is 23.1 Å². The van der Waals surface area contributed by atoms with E-state index in [-0.39, 0.29) is 22.0 Å². The Kier molecular flexibility index (Phi) is 5.53. The van der Waals surface area contributed by atoms with E-state index in [1.54, 1.807) is 50.8 Å². The maximum atomic E-state index is 13.8. The Morgan fingerprint density at radius 1 is 0.914 bits per heavy atom. The van der Waals surface area contributed by atoms with Crippen LogP contribution < -0.4 is 9.62 Å².